The lowest BCUT2D eigenvalue weighted by Crippen LogP contribution is -2.30. The molecule has 0 amide bonds. The summed E-state index contributed by atoms with van der Waals surface area (Å²) in [5.41, 5.74) is 1.12. The summed E-state index contributed by atoms with van der Waals surface area (Å²) in [6.07, 6.45) is 3.28. The van der Waals surface area contributed by atoms with Gasteiger partial charge in [-0.25, -0.2) is 8.42 Å². The summed E-state index contributed by atoms with van der Waals surface area (Å²) in [6, 6.07) is 7.86. The Morgan fingerprint density at radius 2 is 1.95 bits per heavy atom. The Morgan fingerprint density at radius 1 is 1.24 bits per heavy atom. The lowest BCUT2D eigenvalue weighted by molar-refractivity contribution is 0.115. The molecule has 6 heteroatoms. The van der Waals surface area contributed by atoms with E-state index in [1.807, 2.05) is 12.1 Å². The zero-order valence-electron chi connectivity index (χ0n) is 12.3. The van der Waals surface area contributed by atoms with Crippen LogP contribution in [0.4, 0.5) is 0 Å². The molecular weight excluding hydrogens is 288 g/mol. The van der Waals surface area contributed by atoms with Crippen LogP contribution in [0.2, 0.25) is 0 Å². The van der Waals surface area contributed by atoms with Crippen molar-refractivity contribution in [2.75, 3.05) is 20.2 Å². The second-order valence-corrected chi connectivity index (χ2v) is 7.75. The van der Waals surface area contributed by atoms with E-state index in [0.29, 0.717) is 24.0 Å². The number of ether oxygens (including phenoxy) is 1. The van der Waals surface area contributed by atoms with Crippen LogP contribution in [0.15, 0.2) is 29.2 Å². The number of hydrogen-bond acceptors (Lipinski definition) is 4. The molecule has 1 aromatic rings. The predicted molar refractivity (Wildman–Crippen MR) is 80.5 cm³/mol. The van der Waals surface area contributed by atoms with Crippen LogP contribution in [0, 0.1) is 0 Å². The van der Waals surface area contributed by atoms with Gasteiger partial charge in [0.05, 0.1) is 11.0 Å². The smallest absolute Gasteiger partial charge is 0.243 e. The highest BCUT2D eigenvalue weighted by Crippen LogP contribution is 2.23. The maximum atomic E-state index is 12.5. The highest BCUT2D eigenvalue weighted by Gasteiger charge is 2.32. The van der Waals surface area contributed by atoms with Crippen LogP contribution in [0.1, 0.15) is 24.8 Å². The van der Waals surface area contributed by atoms with Gasteiger partial charge in [0.1, 0.15) is 0 Å². The first kappa shape index (κ1) is 15.0. The number of sulfonamides is 1. The van der Waals surface area contributed by atoms with Gasteiger partial charge in [-0.05, 0) is 37.0 Å². The Balaban J connectivity index is 1.67. The average Bonchev–Trinajstić information content (AvgIpc) is 3.19. The van der Waals surface area contributed by atoms with Crippen molar-refractivity contribution >= 4 is 10.0 Å². The summed E-state index contributed by atoms with van der Waals surface area (Å²) in [4.78, 5) is 0.370. The van der Waals surface area contributed by atoms with Crippen molar-refractivity contribution in [2.45, 2.75) is 42.8 Å². The summed E-state index contributed by atoms with van der Waals surface area (Å²) >= 11 is 0. The van der Waals surface area contributed by atoms with Crippen LogP contribution in [-0.4, -0.2) is 45.1 Å². The summed E-state index contributed by atoms with van der Waals surface area (Å²) < 4.78 is 31.8. The lowest BCUT2D eigenvalue weighted by Gasteiger charge is -2.16. The number of hydrogen-bond donors (Lipinski definition) is 1. The maximum absolute atomic E-state index is 12.5. The molecule has 0 aromatic heterocycles. The second kappa shape index (κ2) is 6.04. The molecule has 1 atom stereocenters. The topological polar surface area (TPSA) is 58.6 Å². The Kier molecular flexibility index (Phi) is 4.31. The molecule has 1 saturated carbocycles. The minimum atomic E-state index is -3.38. The van der Waals surface area contributed by atoms with Gasteiger partial charge in [0.25, 0.3) is 0 Å². The SMILES string of the molecule is COC1CCN(S(=O)(=O)c2ccc(CNC3CC3)cc2)C1. The molecule has 1 N–H and O–H groups in total. The Morgan fingerprint density at radius 3 is 2.52 bits per heavy atom. The predicted octanol–water partition coefficient (Wildman–Crippen LogP) is 1.35. The van der Waals surface area contributed by atoms with Crippen molar-refractivity contribution in [3.8, 4) is 0 Å². The third-order valence-corrected chi connectivity index (χ3v) is 6.05. The van der Waals surface area contributed by atoms with E-state index in [4.69, 9.17) is 4.74 Å². The molecule has 2 fully saturated rings. The van der Waals surface area contributed by atoms with Crippen molar-refractivity contribution in [1.29, 1.82) is 0 Å². The van der Waals surface area contributed by atoms with Gasteiger partial charge in [0.15, 0.2) is 0 Å². The maximum Gasteiger partial charge on any atom is 0.243 e. The number of rotatable bonds is 6. The van der Waals surface area contributed by atoms with Gasteiger partial charge in [0, 0.05) is 32.8 Å². The van der Waals surface area contributed by atoms with Crippen molar-refractivity contribution in [2.24, 2.45) is 0 Å². The summed E-state index contributed by atoms with van der Waals surface area (Å²) in [6.45, 7) is 1.79. The molecule has 1 heterocycles. The first-order valence-electron chi connectivity index (χ1n) is 7.45. The number of nitrogens with zero attached hydrogens (tertiary/aromatic N) is 1. The standard InChI is InChI=1S/C15H22N2O3S/c1-20-14-8-9-17(11-14)21(18,19)15-6-2-12(3-7-15)10-16-13-4-5-13/h2-3,6-7,13-14,16H,4-5,8-11H2,1H3. The molecule has 0 bridgehead atoms. The number of methoxy groups -OCH3 is 1. The third-order valence-electron chi connectivity index (χ3n) is 4.17. The Hall–Kier alpha value is -0.950. The minimum absolute atomic E-state index is 0.0155. The minimum Gasteiger partial charge on any atom is -0.380 e. The molecule has 1 aliphatic carbocycles. The molecule has 5 nitrogen and oxygen atoms in total. The molecule has 1 aromatic carbocycles. The largest absolute Gasteiger partial charge is 0.380 e. The van der Waals surface area contributed by atoms with Gasteiger partial charge in [-0.3, -0.25) is 0 Å². The van der Waals surface area contributed by atoms with E-state index in [2.05, 4.69) is 5.32 Å². The van der Waals surface area contributed by atoms with Crippen LogP contribution in [0.5, 0.6) is 0 Å². The van der Waals surface area contributed by atoms with Gasteiger partial charge in [-0.1, -0.05) is 12.1 Å². The fourth-order valence-corrected chi connectivity index (χ4v) is 4.07. The van der Waals surface area contributed by atoms with Crippen LogP contribution in [-0.2, 0) is 21.3 Å². The number of benzene rings is 1. The molecule has 116 valence electrons. The molecule has 0 radical (unpaired) electrons. The van der Waals surface area contributed by atoms with Gasteiger partial charge in [-0.2, -0.15) is 4.31 Å². The average molecular weight is 310 g/mol. The fraction of sp³-hybridized carbons (Fsp3) is 0.600. The third kappa shape index (κ3) is 3.45. The molecule has 1 unspecified atom stereocenters. The highest BCUT2D eigenvalue weighted by atomic mass is 32.2. The normalized spacial score (nSPS) is 23.6. The number of nitrogens with one attached hydrogen (secondary N) is 1. The van der Waals surface area contributed by atoms with Crippen LogP contribution in [0.3, 0.4) is 0 Å². The Labute approximate surface area is 126 Å². The van der Waals surface area contributed by atoms with E-state index >= 15 is 0 Å². The van der Waals surface area contributed by atoms with E-state index in [1.165, 1.54) is 17.1 Å². The van der Waals surface area contributed by atoms with Gasteiger partial charge < -0.3 is 10.1 Å². The summed E-state index contributed by atoms with van der Waals surface area (Å²) in [5, 5.41) is 3.42. The molecule has 1 saturated heterocycles. The van der Waals surface area contributed by atoms with Crippen molar-refractivity contribution in [1.82, 2.24) is 9.62 Å². The van der Waals surface area contributed by atoms with Gasteiger partial charge >= 0.3 is 0 Å². The van der Waals surface area contributed by atoms with Crippen molar-refractivity contribution in [3.63, 3.8) is 0 Å². The van der Waals surface area contributed by atoms with Crippen molar-refractivity contribution < 1.29 is 13.2 Å². The monoisotopic (exact) mass is 310 g/mol. The van der Waals surface area contributed by atoms with Crippen LogP contribution >= 0.6 is 0 Å². The van der Waals surface area contributed by atoms with E-state index in [-0.39, 0.29) is 6.10 Å². The van der Waals surface area contributed by atoms with E-state index in [9.17, 15) is 8.42 Å². The highest BCUT2D eigenvalue weighted by molar-refractivity contribution is 7.89. The molecule has 0 spiro atoms. The molecule has 3 rings (SSSR count). The zero-order valence-corrected chi connectivity index (χ0v) is 13.1. The quantitative estimate of drug-likeness (QED) is 0.861. The fourth-order valence-electron chi connectivity index (χ4n) is 2.59. The molecule has 2 aliphatic rings. The summed E-state index contributed by atoms with van der Waals surface area (Å²) in [7, 11) is -1.76. The first-order valence-corrected chi connectivity index (χ1v) is 8.89. The van der Waals surface area contributed by atoms with E-state index in [0.717, 1.165) is 18.5 Å². The van der Waals surface area contributed by atoms with Gasteiger partial charge in [0.2, 0.25) is 10.0 Å². The van der Waals surface area contributed by atoms with Crippen LogP contribution < -0.4 is 5.32 Å². The summed E-state index contributed by atoms with van der Waals surface area (Å²) in [5.74, 6) is 0. The lowest BCUT2D eigenvalue weighted by atomic mass is 10.2. The van der Waals surface area contributed by atoms with E-state index in [1.54, 1.807) is 19.2 Å². The van der Waals surface area contributed by atoms with Crippen LogP contribution in [0.25, 0.3) is 0 Å². The van der Waals surface area contributed by atoms with Gasteiger partial charge in [-0.15, -0.1) is 0 Å². The molecular formula is C15H22N2O3S. The van der Waals surface area contributed by atoms with E-state index < -0.39 is 10.0 Å². The van der Waals surface area contributed by atoms with Crippen molar-refractivity contribution in [3.05, 3.63) is 29.8 Å². The molecule has 1 aliphatic heterocycles. The first-order chi connectivity index (χ1) is 10.1. The second-order valence-electron chi connectivity index (χ2n) is 5.81. The Bertz CT molecular complexity index is 581. The zero-order chi connectivity index (χ0) is 14.9. The molecule has 21 heavy (non-hydrogen) atoms.